The first-order valence-corrected chi connectivity index (χ1v) is 6.38. The maximum absolute atomic E-state index is 11.0. The van der Waals surface area contributed by atoms with E-state index in [1.165, 1.54) is 5.56 Å². The molecule has 0 N–H and O–H groups in total. The average molecular weight is 243 g/mol. The van der Waals surface area contributed by atoms with Gasteiger partial charge in [0.25, 0.3) is 0 Å². The first kappa shape index (κ1) is 12.6. The van der Waals surface area contributed by atoms with E-state index in [4.69, 9.17) is 0 Å². The number of nitro groups is 1. The molecule has 1 aromatic carbocycles. The van der Waals surface area contributed by atoms with Gasteiger partial charge in [0, 0.05) is 16.9 Å². The SMILES string of the molecule is Cc1ccc(C#C[C@H]2CCCCC2[N+](=O)[O-])cc1. The summed E-state index contributed by atoms with van der Waals surface area (Å²) in [5.41, 5.74) is 2.13. The molecule has 0 aliphatic heterocycles. The number of hydrogen-bond acceptors (Lipinski definition) is 2. The van der Waals surface area contributed by atoms with E-state index in [-0.39, 0.29) is 10.8 Å². The highest BCUT2D eigenvalue weighted by Crippen LogP contribution is 2.25. The Balaban J connectivity index is 2.12. The van der Waals surface area contributed by atoms with E-state index in [0.717, 1.165) is 24.8 Å². The lowest BCUT2D eigenvalue weighted by molar-refractivity contribution is -0.532. The number of benzene rings is 1. The second kappa shape index (κ2) is 5.68. The largest absolute Gasteiger partial charge is 0.264 e. The normalized spacial score (nSPS) is 22.9. The Kier molecular flexibility index (Phi) is 3.99. The third-order valence-corrected chi connectivity index (χ3v) is 3.45. The number of aryl methyl sites for hydroxylation is 1. The smallest absolute Gasteiger partial charge is 0.226 e. The van der Waals surface area contributed by atoms with Crippen LogP contribution in [-0.4, -0.2) is 11.0 Å². The topological polar surface area (TPSA) is 43.1 Å². The van der Waals surface area contributed by atoms with Gasteiger partial charge in [-0.3, -0.25) is 10.1 Å². The van der Waals surface area contributed by atoms with Crippen LogP contribution in [0.3, 0.4) is 0 Å². The lowest BCUT2D eigenvalue weighted by Gasteiger charge is -2.20. The molecule has 1 fully saturated rings. The maximum atomic E-state index is 11.0. The zero-order valence-electron chi connectivity index (χ0n) is 10.6. The second-order valence-electron chi connectivity index (χ2n) is 4.88. The van der Waals surface area contributed by atoms with Crippen LogP contribution >= 0.6 is 0 Å². The Morgan fingerprint density at radius 1 is 1.22 bits per heavy atom. The molecular weight excluding hydrogens is 226 g/mol. The standard InChI is InChI=1S/C15H17NO2/c1-12-6-8-13(9-7-12)10-11-14-4-2-3-5-15(14)16(17)18/h6-9,14-15H,2-5H2,1H3/t14-,15?/m1/s1. The fourth-order valence-corrected chi connectivity index (χ4v) is 2.34. The molecule has 18 heavy (non-hydrogen) atoms. The van der Waals surface area contributed by atoms with Crippen molar-refractivity contribution in [3.63, 3.8) is 0 Å². The van der Waals surface area contributed by atoms with Crippen molar-refractivity contribution < 1.29 is 4.92 Å². The molecule has 0 bridgehead atoms. The minimum absolute atomic E-state index is 0.0879. The van der Waals surface area contributed by atoms with Crippen molar-refractivity contribution in [2.45, 2.75) is 38.6 Å². The third kappa shape index (κ3) is 3.10. The minimum atomic E-state index is -0.475. The molecule has 3 nitrogen and oxygen atoms in total. The summed E-state index contributed by atoms with van der Waals surface area (Å²) in [6.45, 7) is 2.03. The second-order valence-corrected chi connectivity index (χ2v) is 4.88. The van der Waals surface area contributed by atoms with Crippen LogP contribution in [0.2, 0.25) is 0 Å². The highest BCUT2D eigenvalue weighted by atomic mass is 16.6. The van der Waals surface area contributed by atoms with Crippen molar-refractivity contribution in [1.82, 2.24) is 0 Å². The van der Waals surface area contributed by atoms with Crippen LogP contribution < -0.4 is 0 Å². The molecule has 0 saturated heterocycles. The molecule has 0 amide bonds. The molecule has 1 saturated carbocycles. The predicted octanol–water partition coefficient (Wildman–Crippen LogP) is 3.18. The summed E-state index contributed by atoms with van der Waals surface area (Å²) in [4.78, 5) is 10.8. The van der Waals surface area contributed by atoms with Gasteiger partial charge in [0.1, 0.15) is 0 Å². The van der Waals surface area contributed by atoms with Crippen LogP contribution in [0.25, 0.3) is 0 Å². The highest BCUT2D eigenvalue weighted by Gasteiger charge is 2.32. The van der Waals surface area contributed by atoms with E-state index in [9.17, 15) is 10.1 Å². The summed E-state index contributed by atoms with van der Waals surface area (Å²) in [6, 6.07) is 7.47. The molecule has 1 aliphatic carbocycles. The monoisotopic (exact) mass is 243 g/mol. The van der Waals surface area contributed by atoms with Crippen LogP contribution in [0.5, 0.6) is 0 Å². The predicted molar refractivity (Wildman–Crippen MR) is 70.8 cm³/mol. The third-order valence-electron chi connectivity index (χ3n) is 3.45. The van der Waals surface area contributed by atoms with Crippen molar-refractivity contribution >= 4 is 0 Å². The summed E-state index contributed by atoms with van der Waals surface area (Å²) >= 11 is 0. The number of hydrogen-bond donors (Lipinski definition) is 0. The van der Waals surface area contributed by atoms with E-state index < -0.39 is 6.04 Å². The summed E-state index contributed by atoms with van der Waals surface area (Å²) in [6.07, 6.45) is 3.52. The molecule has 94 valence electrons. The summed E-state index contributed by atoms with van der Waals surface area (Å²) in [7, 11) is 0. The Morgan fingerprint density at radius 2 is 1.89 bits per heavy atom. The van der Waals surface area contributed by atoms with Crippen LogP contribution in [0.4, 0.5) is 0 Å². The van der Waals surface area contributed by atoms with E-state index >= 15 is 0 Å². The molecule has 2 atom stereocenters. The number of nitrogens with zero attached hydrogens (tertiary/aromatic N) is 1. The zero-order valence-corrected chi connectivity index (χ0v) is 10.6. The Morgan fingerprint density at radius 3 is 2.56 bits per heavy atom. The summed E-state index contributed by atoms with van der Waals surface area (Å²) in [5.74, 6) is 6.08. The lowest BCUT2D eigenvalue weighted by atomic mass is 9.85. The van der Waals surface area contributed by atoms with Gasteiger partial charge in [-0.2, -0.15) is 0 Å². The van der Waals surface area contributed by atoms with Gasteiger partial charge in [0.2, 0.25) is 6.04 Å². The molecule has 2 rings (SSSR count). The van der Waals surface area contributed by atoms with Crippen LogP contribution in [0.1, 0.15) is 36.8 Å². The molecule has 0 aromatic heterocycles. The van der Waals surface area contributed by atoms with Crippen molar-refractivity contribution in [3.8, 4) is 11.8 Å². The molecular formula is C15H17NO2. The maximum Gasteiger partial charge on any atom is 0.226 e. The molecule has 1 aromatic rings. The molecule has 3 heteroatoms. The first-order chi connectivity index (χ1) is 8.66. The van der Waals surface area contributed by atoms with Gasteiger partial charge in [-0.1, -0.05) is 36.0 Å². The Labute approximate surface area is 107 Å². The highest BCUT2D eigenvalue weighted by molar-refractivity contribution is 5.36. The summed E-state index contributed by atoms with van der Waals surface area (Å²) < 4.78 is 0. The van der Waals surface area contributed by atoms with Gasteiger partial charge >= 0.3 is 0 Å². The zero-order chi connectivity index (χ0) is 13.0. The van der Waals surface area contributed by atoms with E-state index in [1.807, 2.05) is 31.2 Å². The van der Waals surface area contributed by atoms with Crippen molar-refractivity contribution in [2.75, 3.05) is 0 Å². The Hall–Kier alpha value is -1.82. The van der Waals surface area contributed by atoms with Crippen molar-refractivity contribution in [1.29, 1.82) is 0 Å². The van der Waals surface area contributed by atoms with E-state index in [1.54, 1.807) is 0 Å². The van der Waals surface area contributed by atoms with E-state index in [2.05, 4.69) is 11.8 Å². The van der Waals surface area contributed by atoms with Gasteiger partial charge in [0.05, 0.1) is 5.92 Å². The fourth-order valence-electron chi connectivity index (χ4n) is 2.34. The Bertz CT molecular complexity index is 481. The molecule has 1 aliphatic rings. The molecule has 0 spiro atoms. The first-order valence-electron chi connectivity index (χ1n) is 6.38. The number of rotatable bonds is 1. The van der Waals surface area contributed by atoms with Crippen molar-refractivity contribution in [3.05, 3.63) is 45.5 Å². The summed E-state index contributed by atoms with van der Waals surface area (Å²) in [5, 5.41) is 11.0. The minimum Gasteiger partial charge on any atom is -0.264 e. The van der Waals surface area contributed by atoms with Gasteiger partial charge in [-0.05, 0) is 31.9 Å². The van der Waals surface area contributed by atoms with Gasteiger partial charge in [-0.25, -0.2) is 0 Å². The van der Waals surface area contributed by atoms with Crippen LogP contribution in [0.15, 0.2) is 24.3 Å². The molecule has 1 unspecified atom stereocenters. The quantitative estimate of drug-likeness (QED) is 0.432. The van der Waals surface area contributed by atoms with Gasteiger partial charge < -0.3 is 0 Å². The molecule has 0 heterocycles. The van der Waals surface area contributed by atoms with Crippen LogP contribution in [-0.2, 0) is 0 Å². The molecule has 0 radical (unpaired) electrons. The average Bonchev–Trinajstić information content (AvgIpc) is 2.38. The van der Waals surface area contributed by atoms with Crippen molar-refractivity contribution in [2.24, 2.45) is 5.92 Å². The van der Waals surface area contributed by atoms with Crippen LogP contribution in [0, 0.1) is 34.8 Å². The van der Waals surface area contributed by atoms with Gasteiger partial charge in [0.15, 0.2) is 0 Å². The van der Waals surface area contributed by atoms with Gasteiger partial charge in [-0.15, -0.1) is 0 Å². The fraction of sp³-hybridized carbons (Fsp3) is 0.467. The van der Waals surface area contributed by atoms with E-state index in [0.29, 0.717) is 6.42 Å². The lowest BCUT2D eigenvalue weighted by Crippen LogP contribution is -2.31.